The van der Waals surface area contributed by atoms with Crippen molar-refractivity contribution in [2.75, 3.05) is 39.8 Å². The second-order valence-electron chi connectivity index (χ2n) is 6.14. The van der Waals surface area contributed by atoms with Crippen molar-refractivity contribution < 1.29 is 10.2 Å². The lowest BCUT2D eigenvalue weighted by atomic mass is 10.1. The maximum absolute atomic E-state index is 12.0. The Labute approximate surface area is 131 Å². The van der Waals surface area contributed by atoms with Gasteiger partial charge in [-0.25, -0.2) is 0 Å². The quantitative estimate of drug-likeness (QED) is 0.831. The van der Waals surface area contributed by atoms with Crippen molar-refractivity contribution in [3.63, 3.8) is 0 Å². The van der Waals surface area contributed by atoms with E-state index < -0.39 is 0 Å². The molecule has 0 aliphatic carbocycles. The van der Waals surface area contributed by atoms with Crippen LogP contribution in [-0.4, -0.2) is 64.4 Å². The number of rotatable bonds is 5. The zero-order chi connectivity index (χ0) is 16.3. The van der Waals surface area contributed by atoms with Crippen molar-refractivity contribution in [1.82, 2.24) is 14.4 Å². The van der Waals surface area contributed by atoms with E-state index in [9.17, 15) is 15.0 Å². The summed E-state index contributed by atoms with van der Waals surface area (Å²) < 4.78 is 1.93. The molecule has 0 aromatic carbocycles. The Morgan fingerprint density at radius 2 is 1.91 bits per heavy atom. The van der Waals surface area contributed by atoms with Crippen LogP contribution >= 0.6 is 0 Å². The third-order valence-corrected chi connectivity index (χ3v) is 4.53. The summed E-state index contributed by atoms with van der Waals surface area (Å²) in [5.74, 6) is -0.184. The van der Waals surface area contributed by atoms with Crippen LogP contribution in [0.15, 0.2) is 10.9 Å². The Balaban J connectivity index is 2.37. The fraction of sp³-hybridized carbons (Fsp3) is 0.688. The van der Waals surface area contributed by atoms with Gasteiger partial charge in [-0.2, -0.15) is 0 Å². The molecule has 1 aromatic rings. The fourth-order valence-electron chi connectivity index (χ4n) is 3.07. The molecule has 0 amide bonds. The molecule has 22 heavy (non-hydrogen) atoms. The molecule has 0 spiro atoms. The van der Waals surface area contributed by atoms with Crippen LogP contribution < -0.4 is 5.43 Å². The summed E-state index contributed by atoms with van der Waals surface area (Å²) in [4.78, 5) is 16.5. The maximum atomic E-state index is 12.0. The van der Waals surface area contributed by atoms with Gasteiger partial charge in [-0.1, -0.05) is 6.92 Å². The smallest absolute Gasteiger partial charge is 0.223 e. The molecule has 1 atom stereocenters. The number of aliphatic hydroxyl groups excluding tert-OH is 1. The summed E-state index contributed by atoms with van der Waals surface area (Å²) in [7, 11) is 2.09. The molecule has 0 bridgehead atoms. The van der Waals surface area contributed by atoms with Crippen LogP contribution in [0.1, 0.15) is 30.8 Å². The van der Waals surface area contributed by atoms with Crippen LogP contribution in [0.3, 0.4) is 0 Å². The molecule has 0 saturated carbocycles. The van der Waals surface area contributed by atoms with Gasteiger partial charge in [-0.3, -0.25) is 9.69 Å². The Bertz CT molecular complexity index is 558. The molecule has 0 radical (unpaired) electrons. The predicted octanol–water partition coefficient (Wildman–Crippen LogP) is 0.553. The molecule has 6 nitrogen and oxygen atoms in total. The van der Waals surface area contributed by atoms with E-state index in [2.05, 4.69) is 16.8 Å². The molecule has 1 unspecified atom stereocenters. The van der Waals surface area contributed by atoms with Gasteiger partial charge in [0.2, 0.25) is 5.43 Å². The summed E-state index contributed by atoms with van der Waals surface area (Å²) in [6.07, 6.45) is 0.745. The highest BCUT2D eigenvalue weighted by Gasteiger charge is 2.22. The van der Waals surface area contributed by atoms with Crippen molar-refractivity contribution >= 4 is 0 Å². The average Bonchev–Trinajstić information content (AvgIpc) is 2.50. The van der Waals surface area contributed by atoms with E-state index in [1.54, 1.807) is 0 Å². The lowest BCUT2D eigenvalue weighted by Crippen LogP contribution is -2.44. The van der Waals surface area contributed by atoms with Gasteiger partial charge in [-0.05, 0) is 20.4 Å². The van der Waals surface area contributed by atoms with E-state index in [0.29, 0.717) is 12.2 Å². The molecule has 2 heterocycles. The van der Waals surface area contributed by atoms with Crippen molar-refractivity contribution in [1.29, 1.82) is 0 Å². The Hall–Kier alpha value is -1.37. The van der Waals surface area contributed by atoms with E-state index in [-0.39, 0.29) is 23.8 Å². The second kappa shape index (κ2) is 7.26. The fourth-order valence-corrected chi connectivity index (χ4v) is 3.07. The molecule has 2 N–H and O–H groups in total. The zero-order valence-electron chi connectivity index (χ0n) is 13.7. The maximum Gasteiger partial charge on any atom is 0.223 e. The number of aromatic hydroxyl groups is 1. The molecule has 1 aromatic heterocycles. The average molecular weight is 309 g/mol. The SMILES string of the molecule is CCC(CO)n1c(C)cc(=O)c(O)c1CN1CCN(C)CC1. The molecule has 1 fully saturated rings. The van der Waals surface area contributed by atoms with Crippen LogP contribution in [0, 0.1) is 6.92 Å². The van der Waals surface area contributed by atoms with Gasteiger partial charge in [0.1, 0.15) is 0 Å². The highest BCUT2D eigenvalue weighted by Crippen LogP contribution is 2.23. The van der Waals surface area contributed by atoms with Gasteiger partial charge in [0.05, 0.1) is 18.3 Å². The largest absolute Gasteiger partial charge is 0.503 e. The third kappa shape index (κ3) is 3.51. The molecule has 1 aliphatic heterocycles. The van der Waals surface area contributed by atoms with E-state index in [0.717, 1.165) is 38.3 Å². The number of aromatic nitrogens is 1. The lowest BCUT2D eigenvalue weighted by Gasteiger charge is -2.34. The van der Waals surface area contributed by atoms with Crippen molar-refractivity contribution in [2.24, 2.45) is 0 Å². The van der Waals surface area contributed by atoms with Crippen LogP contribution in [-0.2, 0) is 6.54 Å². The molecule has 1 saturated heterocycles. The summed E-state index contributed by atoms with van der Waals surface area (Å²) in [6.45, 7) is 8.16. The molecular formula is C16H27N3O3. The van der Waals surface area contributed by atoms with Gasteiger partial charge in [-0.15, -0.1) is 0 Å². The number of hydrogen-bond donors (Lipinski definition) is 2. The molecule has 6 heteroatoms. The number of piperazine rings is 1. The van der Waals surface area contributed by atoms with Crippen LogP contribution in [0.2, 0.25) is 0 Å². The summed E-state index contributed by atoms with van der Waals surface area (Å²) in [6, 6.07) is 1.33. The van der Waals surface area contributed by atoms with E-state index in [4.69, 9.17) is 0 Å². The summed E-state index contributed by atoms with van der Waals surface area (Å²) in [5.41, 5.74) is 1.06. The number of aryl methyl sites for hydroxylation is 1. The first kappa shape index (κ1) is 17.0. The Morgan fingerprint density at radius 1 is 1.27 bits per heavy atom. The third-order valence-electron chi connectivity index (χ3n) is 4.53. The standard InChI is InChI=1S/C16H27N3O3/c1-4-13(11-20)19-12(2)9-15(21)16(22)14(19)10-18-7-5-17(3)6-8-18/h9,13,20,22H,4-8,10-11H2,1-3H3. The highest BCUT2D eigenvalue weighted by molar-refractivity contribution is 5.30. The van der Waals surface area contributed by atoms with Crippen LogP contribution in [0.5, 0.6) is 5.75 Å². The van der Waals surface area contributed by atoms with Gasteiger partial charge in [0.15, 0.2) is 5.75 Å². The number of likely N-dealkylation sites (N-methyl/N-ethyl adjacent to an activating group) is 1. The van der Waals surface area contributed by atoms with Crippen molar-refractivity contribution in [3.05, 3.63) is 27.7 Å². The Morgan fingerprint density at radius 3 is 2.45 bits per heavy atom. The van der Waals surface area contributed by atoms with Gasteiger partial charge in [0.25, 0.3) is 0 Å². The van der Waals surface area contributed by atoms with Gasteiger partial charge < -0.3 is 19.7 Å². The highest BCUT2D eigenvalue weighted by atomic mass is 16.3. The molecule has 2 rings (SSSR count). The van der Waals surface area contributed by atoms with E-state index in [1.165, 1.54) is 6.07 Å². The summed E-state index contributed by atoms with van der Waals surface area (Å²) in [5, 5.41) is 19.9. The predicted molar refractivity (Wildman–Crippen MR) is 86.3 cm³/mol. The summed E-state index contributed by atoms with van der Waals surface area (Å²) >= 11 is 0. The minimum absolute atomic E-state index is 0.00458. The van der Waals surface area contributed by atoms with Crippen molar-refractivity contribution in [2.45, 2.75) is 32.9 Å². The van der Waals surface area contributed by atoms with Crippen LogP contribution in [0.4, 0.5) is 0 Å². The number of pyridine rings is 1. The number of nitrogens with zero attached hydrogens (tertiary/aromatic N) is 3. The van der Waals surface area contributed by atoms with Crippen molar-refractivity contribution in [3.8, 4) is 5.75 Å². The zero-order valence-corrected chi connectivity index (χ0v) is 13.7. The molecular weight excluding hydrogens is 282 g/mol. The number of aliphatic hydroxyl groups is 1. The monoisotopic (exact) mass is 309 g/mol. The first-order valence-corrected chi connectivity index (χ1v) is 7.93. The minimum atomic E-state index is -0.342. The lowest BCUT2D eigenvalue weighted by molar-refractivity contribution is 0.140. The van der Waals surface area contributed by atoms with E-state index in [1.807, 2.05) is 18.4 Å². The normalized spacial score (nSPS) is 18.5. The molecule has 1 aliphatic rings. The van der Waals surface area contributed by atoms with Gasteiger partial charge >= 0.3 is 0 Å². The minimum Gasteiger partial charge on any atom is -0.503 e. The topological polar surface area (TPSA) is 68.9 Å². The van der Waals surface area contributed by atoms with Crippen LogP contribution in [0.25, 0.3) is 0 Å². The van der Waals surface area contributed by atoms with Gasteiger partial charge in [0, 0.05) is 44.5 Å². The first-order valence-electron chi connectivity index (χ1n) is 7.93. The Kier molecular flexibility index (Phi) is 5.61. The molecule has 124 valence electrons. The van der Waals surface area contributed by atoms with E-state index >= 15 is 0 Å². The number of hydrogen-bond acceptors (Lipinski definition) is 5. The second-order valence-corrected chi connectivity index (χ2v) is 6.14. The first-order chi connectivity index (χ1) is 10.5.